The maximum atomic E-state index is 4.23. The van der Waals surface area contributed by atoms with Gasteiger partial charge in [-0.05, 0) is 61.1 Å². The van der Waals surface area contributed by atoms with Crippen molar-refractivity contribution in [3.8, 4) is 0 Å². The summed E-state index contributed by atoms with van der Waals surface area (Å²) in [4.78, 5) is 0. The second-order valence-corrected chi connectivity index (χ2v) is 6.48. The highest BCUT2D eigenvalue weighted by atomic mass is 14.9. The Kier molecular flexibility index (Phi) is 3.98. The molecule has 0 bridgehead atoms. The average Bonchev–Trinajstić information content (AvgIpc) is 3.21. The summed E-state index contributed by atoms with van der Waals surface area (Å²) in [6, 6.07) is 9.73. The summed E-state index contributed by atoms with van der Waals surface area (Å²) in [5.41, 5.74) is 4.63. The molecule has 20 heavy (non-hydrogen) atoms. The van der Waals surface area contributed by atoms with Gasteiger partial charge < -0.3 is 5.32 Å². The fraction of sp³-hybridized carbons (Fsp3) is 0.579. The molecule has 2 aliphatic rings. The molecule has 0 heterocycles. The standard InChI is InChI=1S/C19H27N/c1-4-13(3)12-17(20-5-2)19-16-11-10-14-8-6-7-9-15(14)18(16)19/h6-9,16-20H,3-5,10-12H2,1-2H3. The molecule has 4 atom stereocenters. The summed E-state index contributed by atoms with van der Waals surface area (Å²) >= 11 is 0. The van der Waals surface area contributed by atoms with E-state index in [2.05, 4.69) is 50.0 Å². The van der Waals surface area contributed by atoms with E-state index in [9.17, 15) is 0 Å². The second kappa shape index (κ2) is 5.73. The van der Waals surface area contributed by atoms with Crippen molar-refractivity contribution in [1.29, 1.82) is 0 Å². The van der Waals surface area contributed by atoms with Gasteiger partial charge in [-0.1, -0.05) is 50.3 Å². The third kappa shape index (κ3) is 2.44. The molecule has 1 saturated carbocycles. The quantitative estimate of drug-likeness (QED) is 0.759. The lowest BCUT2D eigenvalue weighted by atomic mass is 9.92. The minimum Gasteiger partial charge on any atom is -0.314 e. The Morgan fingerprint density at radius 2 is 2.15 bits per heavy atom. The van der Waals surface area contributed by atoms with E-state index < -0.39 is 0 Å². The van der Waals surface area contributed by atoms with Crippen molar-refractivity contribution in [2.24, 2.45) is 11.8 Å². The zero-order valence-electron chi connectivity index (χ0n) is 12.9. The number of fused-ring (bicyclic) bond motifs is 3. The predicted molar refractivity (Wildman–Crippen MR) is 86.0 cm³/mol. The molecule has 0 radical (unpaired) electrons. The molecule has 1 nitrogen and oxygen atoms in total. The number of aryl methyl sites for hydroxylation is 1. The molecule has 3 rings (SSSR count). The Morgan fingerprint density at radius 3 is 2.90 bits per heavy atom. The van der Waals surface area contributed by atoms with Gasteiger partial charge in [-0.2, -0.15) is 0 Å². The first-order chi connectivity index (χ1) is 9.76. The molecule has 0 amide bonds. The van der Waals surface area contributed by atoms with Crippen molar-refractivity contribution in [2.75, 3.05) is 6.54 Å². The lowest BCUT2D eigenvalue weighted by Crippen LogP contribution is -2.32. The maximum Gasteiger partial charge on any atom is 0.0141 e. The normalized spacial score (nSPS) is 28.4. The average molecular weight is 269 g/mol. The van der Waals surface area contributed by atoms with Crippen LogP contribution in [0.25, 0.3) is 0 Å². The Labute approximate surface area is 123 Å². The molecule has 0 saturated heterocycles. The molecule has 1 heteroatoms. The van der Waals surface area contributed by atoms with Crippen molar-refractivity contribution in [3.05, 3.63) is 47.5 Å². The van der Waals surface area contributed by atoms with E-state index in [1.165, 1.54) is 18.4 Å². The Balaban J connectivity index is 1.77. The molecule has 0 spiro atoms. The number of hydrogen-bond acceptors (Lipinski definition) is 1. The number of hydrogen-bond donors (Lipinski definition) is 1. The molecule has 1 fully saturated rings. The molecule has 0 aliphatic heterocycles. The second-order valence-electron chi connectivity index (χ2n) is 6.48. The highest BCUT2D eigenvalue weighted by Gasteiger charge is 2.55. The van der Waals surface area contributed by atoms with Gasteiger partial charge in [-0.3, -0.25) is 0 Å². The molecule has 0 aromatic heterocycles. The molecular weight excluding hydrogens is 242 g/mol. The van der Waals surface area contributed by atoms with Crippen molar-refractivity contribution < 1.29 is 0 Å². The van der Waals surface area contributed by atoms with Gasteiger partial charge >= 0.3 is 0 Å². The number of benzene rings is 1. The van der Waals surface area contributed by atoms with E-state index in [1.54, 1.807) is 11.1 Å². The number of nitrogens with one attached hydrogen (secondary N) is 1. The minimum absolute atomic E-state index is 0.633. The fourth-order valence-corrected chi connectivity index (χ4v) is 4.23. The van der Waals surface area contributed by atoms with E-state index in [1.807, 2.05) is 0 Å². The summed E-state index contributed by atoms with van der Waals surface area (Å²) < 4.78 is 0. The Hall–Kier alpha value is -1.08. The van der Waals surface area contributed by atoms with Crippen molar-refractivity contribution in [1.82, 2.24) is 5.32 Å². The van der Waals surface area contributed by atoms with Crippen molar-refractivity contribution in [3.63, 3.8) is 0 Å². The van der Waals surface area contributed by atoms with Gasteiger partial charge in [0.05, 0.1) is 0 Å². The summed E-state index contributed by atoms with van der Waals surface area (Å²) in [7, 11) is 0. The van der Waals surface area contributed by atoms with Crippen LogP contribution in [-0.2, 0) is 6.42 Å². The molecule has 4 unspecified atom stereocenters. The first kappa shape index (κ1) is 13.9. The van der Waals surface area contributed by atoms with Gasteiger partial charge in [0.2, 0.25) is 0 Å². The predicted octanol–water partition coefficient (Wildman–Crippen LogP) is 4.30. The lowest BCUT2D eigenvalue weighted by molar-refractivity contribution is 0.438. The minimum atomic E-state index is 0.633. The van der Waals surface area contributed by atoms with Crippen LogP contribution >= 0.6 is 0 Å². The van der Waals surface area contributed by atoms with Crippen LogP contribution in [0.4, 0.5) is 0 Å². The van der Waals surface area contributed by atoms with Crippen LogP contribution < -0.4 is 5.32 Å². The summed E-state index contributed by atoms with van der Waals surface area (Å²) in [6.45, 7) is 9.74. The van der Waals surface area contributed by atoms with E-state index in [0.717, 1.165) is 37.1 Å². The van der Waals surface area contributed by atoms with Crippen LogP contribution in [0.3, 0.4) is 0 Å². The first-order valence-electron chi connectivity index (χ1n) is 8.24. The van der Waals surface area contributed by atoms with Crippen LogP contribution in [0, 0.1) is 11.8 Å². The van der Waals surface area contributed by atoms with E-state index in [4.69, 9.17) is 0 Å². The topological polar surface area (TPSA) is 12.0 Å². The zero-order valence-corrected chi connectivity index (χ0v) is 12.9. The van der Waals surface area contributed by atoms with Crippen LogP contribution in [-0.4, -0.2) is 12.6 Å². The van der Waals surface area contributed by atoms with E-state index in [0.29, 0.717) is 6.04 Å². The van der Waals surface area contributed by atoms with Crippen LogP contribution in [0.5, 0.6) is 0 Å². The molecule has 1 aromatic carbocycles. The van der Waals surface area contributed by atoms with Gasteiger partial charge in [0.15, 0.2) is 0 Å². The third-order valence-corrected chi connectivity index (χ3v) is 5.33. The van der Waals surface area contributed by atoms with Crippen molar-refractivity contribution in [2.45, 2.75) is 51.5 Å². The summed E-state index contributed by atoms with van der Waals surface area (Å²) in [5.74, 6) is 2.56. The van der Waals surface area contributed by atoms with Crippen LogP contribution in [0.2, 0.25) is 0 Å². The van der Waals surface area contributed by atoms with Crippen LogP contribution in [0.15, 0.2) is 36.4 Å². The van der Waals surface area contributed by atoms with Crippen molar-refractivity contribution >= 4 is 0 Å². The Morgan fingerprint density at radius 1 is 1.35 bits per heavy atom. The lowest BCUT2D eigenvalue weighted by Gasteiger charge is -2.19. The fourth-order valence-electron chi connectivity index (χ4n) is 4.23. The molecule has 1 N–H and O–H groups in total. The highest BCUT2D eigenvalue weighted by Crippen LogP contribution is 2.61. The zero-order chi connectivity index (χ0) is 14.1. The molecule has 1 aromatic rings. The number of rotatable bonds is 6. The van der Waals surface area contributed by atoms with Gasteiger partial charge in [-0.25, -0.2) is 0 Å². The molecular formula is C19H27N. The first-order valence-corrected chi connectivity index (χ1v) is 8.24. The van der Waals surface area contributed by atoms with Gasteiger partial charge in [0.1, 0.15) is 0 Å². The largest absolute Gasteiger partial charge is 0.314 e. The smallest absolute Gasteiger partial charge is 0.0141 e. The summed E-state index contributed by atoms with van der Waals surface area (Å²) in [5, 5.41) is 3.74. The van der Waals surface area contributed by atoms with Crippen LogP contribution in [0.1, 0.15) is 50.2 Å². The Bertz CT molecular complexity index is 490. The van der Waals surface area contributed by atoms with Gasteiger partial charge in [-0.15, -0.1) is 0 Å². The van der Waals surface area contributed by atoms with E-state index >= 15 is 0 Å². The molecule has 108 valence electrons. The van der Waals surface area contributed by atoms with Gasteiger partial charge in [0.25, 0.3) is 0 Å². The SMILES string of the molecule is C=C(CC)CC(NCC)C1C2CCc3ccccc3C21. The maximum absolute atomic E-state index is 4.23. The molecule has 2 aliphatic carbocycles. The monoisotopic (exact) mass is 269 g/mol. The highest BCUT2D eigenvalue weighted by molar-refractivity contribution is 5.40. The van der Waals surface area contributed by atoms with Gasteiger partial charge in [0, 0.05) is 6.04 Å². The van der Waals surface area contributed by atoms with E-state index in [-0.39, 0.29) is 0 Å². The summed E-state index contributed by atoms with van der Waals surface area (Å²) in [6.07, 6.45) is 4.93. The third-order valence-electron chi connectivity index (χ3n) is 5.33.